The summed E-state index contributed by atoms with van der Waals surface area (Å²) in [5.74, 6) is -0.0345. The lowest BCUT2D eigenvalue weighted by atomic mass is 10.1. The van der Waals surface area contributed by atoms with Crippen LogP contribution in [0.15, 0.2) is 53.4 Å². The molecule has 1 saturated heterocycles. The first-order valence-electron chi connectivity index (χ1n) is 9.41. The van der Waals surface area contributed by atoms with Gasteiger partial charge in [0.15, 0.2) is 18.1 Å². The molecular weight excluding hydrogens is 406 g/mol. The number of esters is 1. The Morgan fingerprint density at radius 1 is 1.00 bits per heavy atom. The summed E-state index contributed by atoms with van der Waals surface area (Å²) in [5.41, 5.74) is 1.20. The van der Waals surface area contributed by atoms with Crippen molar-refractivity contribution in [3.8, 4) is 11.5 Å². The average molecular weight is 427 g/mol. The van der Waals surface area contributed by atoms with Gasteiger partial charge < -0.3 is 14.2 Å². The van der Waals surface area contributed by atoms with Crippen LogP contribution < -0.4 is 14.4 Å². The van der Waals surface area contributed by atoms with Crippen LogP contribution in [0.3, 0.4) is 0 Å². The lowest BCUT2D eigenvalue weighted by Crippen LogP contribution is -2.27. The summed E-state index contributed by atoms with van der Waals surface area (Å²) in [6, 6.07) is 13.8. The Bertz CT molecular complexity index is 973. The maximum atomic E-state index is 12.7. The fourth-order valence-corrected chi connectivity index (χ4v) is 3.60. The van der Waals surface area contributed by atoms with Crippen LogP contribution in [-0.4, -0.2) is 36.9 Å². The first-order valence-corrected chi connectivity index (χ1v) is 10.2. The summed E-state index contributed by atoms with van der Waals surface area (Å²) in [5, 5.41) is -0.350. The van der Waals surface area contributed by atoms with Crippen LogP contribution in [0.2, 0.25) is 0 Å². The molecule has 0 spiro atoms. The highest BCUT2D eigenvalue weighted by Gasteiger charge is 2.36. The Labute approximate surface area is 178 Å². The maximum Gasteiger partial charge on any atom is 0.344 e. The first-order chi connectivity index (χ1) is 14.5. The molecule has 0 N–H and O–H groups in total. The summed E-state index contributed by atoms with van der Waals surface area (Å²) < 4.78 is 15.9. The number of carbonyl (C=O) groups excluding carboxylic acids is 3. The molecular formula is C22H21NO6S. The Morgan fingerprint density at radius 2 is 1.77 bits per heavy atom. The molecule has 2 amide bonds. The number of ether oxygens (including phenoxy) is 3. The van der Waals surface area contributed by atoms with E-state index in [1.807, 2.05) is 13.0 Å². The number of thioether (sulfide) groups is 1. The van der Waals surface area contributed by atoms with E-state index in [0.717, 1.165) is 16.7 Å². The number of amides is 2. The van der Waals surface area contributed by atoms with E-state index >= 15 is 0 Å². The van der Waals surface area contributed by atoms with Crippen molar-refractivity contribution in [2.24, 2.45) is 0 Å². The number of imide groups is 1. The summed E-state index contributed by atoms with van der Waals surface area (Å²) in [6.45, 7) is 3.98. The normalized spacial score (nSPS) is 14.9. The highest BCUT2D eigenvalue weighted by molar-refractivity contribution is 8.19. The van der Waals surface area contributed by atoms with Crippen molar-refractivity contribution in [1.82, 2.24) is 0 Å². The topological polar surface area (TPSA) is 82.1 Å². The zero-order valence-corrected chi connectivity index (χ0v) is 17.4. The summed E-state index contributed by atoms with van der Waals surface area (Å²) in [7, 11) is 0. The van der Waals surface area contributed by atoms with Gasteiger partial charge in [-0.1, -0.05) is 24.3 Å². The third-order valence-electron chi connectivity index (χ3n) is 4.02. The third-order valence-corrected chi connectivity index (χ3v) is 4.89. The van der Waals surface area contributed by atoms with Crippen molar-refractivity contribution in [3.63, 3.8) is 0 Å². The predicted octanol–water partition coefficient (Wildman–Crippen LogP) is 4.27. The number of anilines is 1. The second-order valence-electron chi connectivity index (χ2n) is 6.09. The molecule has 0 saturated carbocycles. The van der Waals surface area contributed by atoms with E-state index in [1.165, 1.54) is 0 Å². The first kappa shape index (κ1) is 21.4. The molecule has 30 heavy (non-hydrogen) atoms. The Kier molecular flexibility index (Phi) is 7.13. The molecule has 2 aromatic carbocycles. The minimum atomic E-state index is -0.474. The van der Waals surface area contributed by atoms with Gasteiger partial charge in [-0.3, -0.25) is 9.59 Å². The minimum Gasteiger partial charge on any atom is -0.490 e. The van der Waals surface area contributed by atoms with Crippen molar-refractivity contribution in [2.75, 3.05) is 24.7 Å². The van der Waals surface area contributed by atoms with Gasteiger partial charge in [0.05, 0.1) is 23.8 Å². The van der Waals surface area contributed by atoms with E-state index in [4.69, 9.17) is 14.2 Å². The molecule has 2 aromatic rings. The highest BCUT2D eigenvalue weighted by atomic mass is 32.2. The standard InChI is InChI=1S/C22H21NO6S/c1-3-27-18-12-15(10-11-17(18)29-14-20(24)28-4-2)13-19-21(25)23(22(26)30-19)16-8-6-5-7-9-16/h5-13H,3-4,14H2,1-2H3. The number of para-hydroxylation sites is 1. The number of benzene rings is 2. The minimum absolute atomic E-state index is 0.233. The Hall–Kier alpha value is -3.26. The molecule has 0 atom stereocenters. The number of hydrogen-bond donors (Lipinski definition) is 0. The molecule has 156 valence electrons. The van der Waals surface area contributed by atoms with Crippen molar-refractivity contribution in [2.45, 2.75) is 13.8 Å². The van der Waals surface area contributed by atoms with Crippen molar-refractivity contribution < 1.29 is 28.6 Å². The molecule has 7 nitrogen and oxygen atoms in total. The fourth-order valence-electron chi connectivity index (χ4n) is 2.76. The lowest BCUT2D eigenvalue weighted by molar-refractivity contribution is -0.145. The second kappa shape index (κ2) is 9.98. The quantitative estimate of drug-likeness (QED) is 0.460. The summed E-state index contributed by atoms with van der Waals surface area (Å²) in [6.07, 6.45) is 1.63. The molecule has 1 aliphatic rings. The largest absolute Gasteiger partial charge is 0.490 e. The summed E-state index contributed by atoms with van der Waals surface area (Å²) in [4.78, 5) is 38.1. The maximum absolute atomic E-state index is 12.7. The highest BCUT2D eigenvalue weighted by Crippen LogP contribution is 2.37. The van der Waals surface area contributed by atoms with Crippen LogP contribution in [-0.2, 0) is 14.3 Å². The molecule has 1 heterocycles. The third kappa shape index (κ3) is 5.01. The van der Waals surface area contributed by atoms with Crippen LogP contribution in [0, 0.1) is 0 Å². The molecule has 0 radical (unpaired) electrons. The van der Waals surface area contributed by atoms with E-state index in [0.29, 0.717) is 34.3 Å². The monoisotopic (exact) mass is 427 g/mol. The van der Waals surface area contributed by atoms with Crippen LogP contribution >= 0.6 is 11.8 Å². The number of rotatable bonds is 8. The van der Waals surface area contributed by atoms with Gasteiger partial charge in [-0.25, -0.2) is 9.69 Å². The molecule has 1 fully saturated rings. The fraction of sp³-hybridized carbons (Fsp3) is 0.227. The van der Waals surface area contributed by atoms with Crippen LogP contribution in [0.5, 0.6) is 11.5 Å². The van der Waals surface area contributed by atoms with Gasteiger partial charge >= 0.3 is 5.97 Å². The number of carbonyl (C=O) groups is 3. The van der Waals surface area contributed by atoms with Crippen molar-refractivity contribution in [3.05, 3.63) is 59.0 Å². The number of hydrogen-bond acceptors (Lipinski definition) is 7. The molecule has 3 rings (SSSR count). The predicted molar refractivity (Wildman–Crippen MR) is 115 cm³/mol. The van der Waals surface area contributed by atoms with Gasteiger partial charge in [0.2, 0.25) is 0 Å². The van der Waals surface area contributed by atoms with E-state index in [-0.39, 0.29) is 24.4 Å². The van der Waals surface area contributed by atoms with Crippen molar-refractivity contribution in [1.29, 1.82) is 0 Å². The van der Waals surface area contributed by atoms with Crippen molar-refractivity contribution >= 4 is 40.6 Å². The van der Waals surface area contributed by atoms with Gasteiger partial charge in [-0.15, -0.1) is 0 Å². The van der Waals surface area contributed by atoms with E-state index in [1.54, 1.807) is 55.5 Å². The SMILES string of the molecule is CCOC(=O)COc1ccc(C=C2SC(=O)N(c3ccccc3)C2=O)cc1OCC. The zero-order chi connectivity index (χ0) is 21.5. The van der Waals surface area contributed by atoms with Gasteiger partial charge in [-0.2, -0.15) is 0 Å². The average Bonchev–Trinajstić information content (AvgIpc) is 3.01. The molecule has 0 aliphatic carbocycles. The zero-order valence-electron chi connectivity index (χ0n) is 16.6. The smallest absolute Gasteiger partial charge is 0.344 e. The van der Waals surface area contributed by atoms with E-state index in [2.05, 4.69) is 0 Å². The van der Waals surface area contributed by atoms with Crippen LogP contribution in [0.4, 0.5) is 10.5 Å². The van der Waals surface area contributed by atoms with E-state index in [9.17, 15) is 14.4 Å². The van der Waals surface area contributed by atoms with Crippen LogP contribution in [0.1, 0.15) is 19.4 Å². The molecule has 0 aromatic heterocycles. The molecule has 8 heteroatoms. The van der Waals surface area contributed by atoms with E-state index < -0.39 is 5.97 Å². The van der Waals surface area contributed by atoms with Gasteiger partial charge in [0.25, 0.3) is 11.1 Å². The molecule has 0 unspecified atom stereocenters. The second-order valence-corrected chi connectivity index (χ2v) is 7.08. The Morgan fingerprint density at radius 3 is 2.47 bits per heavy atom. The molecule has 0 bridgehead atoms. The van der Waals surface area contributed by atoms with Gasteiger partial charge in [0, 0.05) is 0 Å². The molecule has 1 aliphatic heterocycles. The van der Waals surface area contributed by atoms with Crippen LogP contribution in [0.25, 0.3) is 6.08 Å². The summed E-state index contributed by atoms with van der Waals surface area (Å²) >= 11 is 0.880. The Balaban J connectivity index is 1.81. The number of nitrogens with zero attached hydrogens (tertiary/aromatic N) is 1. The van der Waals surface area contributed by atoms with Gasteiger partial charge in [0.1, 0.15) is 0 Å². The lowest BCUT2D eigenvalue weighted by Gasteiger charge is -2.12. The van der Waals surface area contributed by atoms with Gasteiger partial charge in [-0.05, 0) is 61.5 Å².